The normalized spacial score (nSPS) is 18.9. The number of amides is 15. The third-order valence-corrected chi connectivity index (χ3v) is 24.7. The molecule has 5 heterocycles. The number of imidazole rings is 1. The van der Waals surface area contributed by atoms with Crippen LogP contribution in [0.1, 0.15) is 223 Å². The predicted octanol–water partition coefficient (Wildman–Crippen LogP) is -2.37. The Morgan fingerprint density at radius 2 is 1.24 bits per heavy atom. The molecule has 3 aromatic heterocycles. The van der Waals surface area contributed by atoms with Gasteiger partial charge in [0, 0.05) is 107 Å². The molecule has 748 valence electrons. The van der Waals surface area contributed by atoms with Crippen LogP contribution in [-0.2, 0) is 112 Å². The van der Waals surface area contributed by atoms with Gasteiger partial charge in [0.15, 0.2) is 11.7 Å². The Morgan fingerprint density at radius 3 is 1.89 bits per heavy atom. The topological polar surface area (TPSA) is 720 Å². The minimum Gasteiger partial charge on any atom is -0.394 e. The van der Waals surface area contributed by atoms with Gasteiger partial charge in [-0.15, -0.1) is 5.10 Å². The first-order chi connectivity index (χ1) is 65.2. The van der Waals surface area contributed by atoms with Gasteiger partial charge in [-0.25, -0.2) is 18.5 Å². The fraction of sp³-hybridized carbons (Fsp3) is 0.607. The van der Waals surface area contributed by atoms with Crippen molar-refractivity contribution in [1.29, 1.82) is 5.41 Å². The summed E-state index contributed by atoms with van der Waals surface area (Å²) >= 11 is 0. The average Bonchev–Trinajstić information content (AvgIpc) is 1.66. The van der Waals surface area contributed by atoms with Crippen molar-refractivity contribution in [2.45, 2.75) is 298 Å². The van der Waals surface area contributed by atoms with Crippen molar-refractivity contribution in [1.82, 2.24) is 114 Å². The summed E-state index contributed by atoms with van der Waals surface area (Å²) in [6.07, 6.45) is 14.6. The number of carbonyl (C=O) groups excluding carboxylic acids is 16. The van der Waals surface area contributed by atoms with Crippen LogP contribution >= 0.6 is 0 Å². The van der Waals surface area contributed by atoms with Gasteiger partial charge in [0.05, 0.1) is 43.1 Å². The maximum absolute atomic E-state index is 15.3. The molecule has 0 saturated carbocycles. The van der Waals surface area contributed by atoms with Crippen molar-refractivity contribution >= 4 is 121 Å². The molecular formula is C89H136N26O20S. The van der Waals surface area contributed by atoms with E-state index in [9.17, 15) is 81.0 Å². The van der Waals surface area contributed by atoms with E-state index >= 15 is 14.4 Å². The number of tetrazole rings is 1. The quantitative estimate of drug-likeness (QED) is 0.0110. The van der Waals surface area contributed by atoms with E-state index in [0.29, 0.717) is 24.0 Å². The number of fused-ring (bicyclic) bond motifs is 2. The van der Waals surface area contributed by atoms with Crippen LogP contribution in [0.4, 0.5) is 0 Å². The molecule has 26 N–H and O–H groups in total. The van der Waals surface area contributed by atoms with E-state index in [1.165, 1.54) is 45.1 Å². The molecular weight excluding hydrogens is 1790 g/mol. The lowest BCUT2D eigenvalue weighted by molar-refractivity contribution is -0.143. The van der Waals surface area contributed by atoms with E-state index < -0.39 is 254 Å². The standard InChI is InChI=1S/C89H136N26O20S/c1-3-4-30-63(79(124)105-66-38-40-76(121)95-41-24-23-31-61(55(2)117)101-83(128)68(45-57-49-97-62-32-22-21-29-60(57)62)106-80(125)64(33-25-42-96-89(92)93)102-82(127)67(44-56-27-17-16-18-28-56)108-87(132)72-47-59(118)52-115(72)88(66)133)103-85(130)70(48-90)109-84(129)69(46-58-50-94-54-99-58)107-81(126)65(37-39-73(91)119)104-86(131)71(53-116)100-78(123)51-98-75(120)36-26-43-136(134,135)112-77(122)35-20-15-13-11-9-7-5-6-8-10-12-14-19-34-74-110-113-114-111-74/h16-18,21-22,27-29,32,49-50,54,59,61,63-72,97,116,118H,3-15,19-20,23-26,30-31,33-48,51-53,90H2,1-2H3,(H2,91,119)(H,94,99)(H,95,121)(H,98,120)(H,100,123)(H,101,128)(H,102,127)(H,103,130)(H,104,131)(H,105,124)(H,106,125)(H,107,126)(H,108,132)(H,109,129)(H,112,122)(H4,92,93,96)(H,110,111,113,114)/t59-,61+,63+,64+,65+,66+,67-,68+,69+,70+,71+,72+/m1/s1. The average molecular weight is 1920 g/mol. The number of hydrogen-bond donors (Lipinski definition) is 23. The zero-order valence-corrected chi connectivity index (χ0v) is 78.1. The second-order valence-electron chi connectivity index (χ2n) is 34.3. The lowest BCUT2D eigenvalue weighted by atomic mass is 10.0. The van der Waals surface area contributed by atoms with Crippen molar-refractivity contribution < 1.29 is 95.3 Å². The Labute approximate surface area is 789 Å². The Bertz CT molecular complexity index is 4850. The minimum absolute atomic E-state index is 0.00000277. The molecule has 0 unspecified atom stereocenters. The summed E-state index contributed by atoms with van der Waals surface area (Å²) in [7, 11) is -4.12. The highest BCUT2D eigenvalue weighted by Crippen LogP contribution is 2.24. The van der Waals surface area contributed by atoms with Crippen LogP contribution in [-0.4, -0.2) is 277 Å². The Morgan fingerprint density at radius 1 is 0.625 bits per heavy atom. The van der Waals surface area contributed by atoms with E-state index in [0.717, 1.165) is 79.4 Å². The number of nitrogens with one attached hydrogen (secondary N) is 18. The molecule has 15 amide bonds. The number of H-pyrrole nitrogens is 3. The number of guanidine groups is 1. The molecule has 136 heavy (non-hydrogen) atoms. The number of aryl methyl sites for hydroxylation is 1. The highest BCUT2D eigenvalue weighted by Gasteiger charge is 2.44. The summed E-state index contributed by atoms with van der Waals surface area (Å²) in [4.78, 5) is 236. The number of sulfonamides is 1. The van der Waals surface area contributed by atoms with Crippen molar-refractivity contribution in [3.8, 4) is 0 Å². The maximum atomic E-state index is 15.3. The van der Waals surface area contributed by atoms with Crippen LogP contribution in [0.5, 0.6) is 0 Å². The Hall–Kier alpha value is -12.9. The fourth-order valence-electron chi connectivity index (χ4n) is 15.7. The van der Waals surface area contributed by atoms with Gasteiger partial charge in [-0.2, -0.15) is 0 Å². The summed E-state index contributed by atoms with van der Waals surface area (Å²) in [6.45, 7) is 0.0918. The number of unbranched alkanes of at least 4 members (excludes halogenated alkanes) is 13. The molecule has 0 radical (unpaired) electrons. The number of rotatable bonds is 53. The van der Waals surface area contributed by atoms with Gasteiger partial charge < -0.3 is 111 Å². The predicted molar refractivity (Wildman–Crippen MR) is 497 cm³/mol. The van der Waals surface area contributed by atoms with E-state index in [4.69, 9.17) is 22.6 Å². The maximum Gasteiger partial charge on any atom is 0.245 e. The van der Waals surface area contributed by atoms with Crippen LogP contribution in [0, 0.1) is 5.41 Å². The van der Waals surface area contributed by atoms with Crippen molar-refractivity contribution in [2.75, 3.05) is 45.1 Å². The van der Waals surface area contributed by atoms with Gasteiger partial charge in [-0.3, -0.25) is 86.8 Å². The van der Waals surface area contributed by atoms with Gasteiger partial charge in [0.25, 0.3) is 0 Å². The number of ketones is 1. The number of aromatic nitrogens is 7. The second kappa shape index (κ2) is 59.1. The molecule has 0 spiro atoms. The molecule has 2 aromatic carbocycles. The monoisotopic (exact) mass is 1920 g/mol. The number of aliphatic hydroxyl groups is 2. The second-order valence-corrected chi connectivity index (χ2v) is 36.1. The van der Waals surface area contributed by atoms with Crippen molar-refractivity contribution in [3.63, 3.8) is 0 Å². The van der Waals surface area contributed by atoms with Crippen molar-refractivity contribution in [3.05, 3.63) is 96.0 Å². The first-order valence-corrected chi connectivity index (χ1v) is 48.4. The summed E-state index contributed by atoms with van der Waals surface area (Å²) in [5.74, 6) is -14.6. The third kappa shape index (κ3) is 39.9. The summed E-state index contributed by atoms with van der Waals surface area (Å²) < 4.78 is 27.5. The number of Topliss-reactive ketones (excluding diaryl/α,β-unsaturated/α-hetero) is 1. The summed E-state index contributed by atoms with van der Waals surface area (Å²) in [5.41, 5.74) is 19.3. The van der Waals surface area contributed by atoms with Gasteiger partial charge in [0.2, 0.25) is 98.6 Å². The molecule has 47 heteroatoms. The van der Waals surface area contributed by atoms with Gasteiger partial charge in [0.1, 0.15) is 66.2 Å². The smallest absolute Gasteiger partial charge is 0.245 e. The van der Waals surface area contributed by atoms with Gasteiger partial charge in [-0.05, 0) is 105 Å². The SMILES string of the molecule is CCCC[C@H](NC(=O)[C@H](CN)NC(=O)[C@H](Cc1c[nH]cn1)NC(=O)[C@H](CCC(N)=O)NC(=O)[C@H](CO)NC(=O)CNC(=O)CCCS(=O)(=O)NC(=O)CCCCCCCCCCCCCCCc1nnn[nH]1)C(=O)N[C@H]1CCC(=O)NCCCC[C@@H](C(C)=O)NC(=O)[C@H](Cc2c[nH]c3ccccc23)NC(=O)[C@H](CCCNC(=N)N)NC(=O)[C@@H](Cc2ccccc2)NC(=O)[C@@H]2C[C@@H](O)CN2C1=O. The molecule has 46 nitrogen and oxygen atoms in total. The first kappa shape index (κ1) is 110. The Balaban J connectivity index is 0.981. The zero-order valence-electron chi connectivity index (χ0n) is 77.3. The molecule has 0 aliphatic carbocycles. The Kier molecular flexibility index (Phi) is 47.8. The zero-order chi connectivity index (χ0) is 98.9. The molecule has 2 aliphatic rings. The van der Waals surface area contributed by atoms with Crippen LogP contribution in [0.2, 0.25) is 0 Å². The number of carbonyl (C=O) groups is 16. The number of nitrogens with zero attached hydrogens (tertiary/aromatic N) is 5. The summed E-state index contributed by atoms with van der Waals surface area (Å²) in [5, 5.41) is 77.5. The third-order valence-electron chi connectivity index (χ3n) is 23.3. The lowest BCUT2D eigenvalue weighted by Gasteiger charge is -2.31. The highest BCUT2D eigenvalue weighted by atomic mass is 32.2. The van der Waals surface area contributed by atoms with Crippen LogP contribution < -0.4 is 91.0 Å². The molecule has 5 aromatic rings. The van der Waals surface area contributed by atoms with E-state index in [-0.39, 0.29) is 95.4 Å². The highest BCUT2D eigenvalue weighted by molar-refractivity contribution is 7.90. The minimum atomic E-state index is -4.12. The number of hydrogen-bond acceptors (Lipinski definition) is 26. The van der Waals surface area contributed by atoms with E-state index in [1.807, 2.05) is 22.9 Å². The molecule has 0 bridgehead atoms. The van der Waals surface area contributed by atoms with E-state index in [1.54, 1.807) is 49.5 Å². The fourth-order valence-corrected chi connectivity index (χ4v) is 16.8. The molecule has 2 saturated heterocycles. The first-order valence-electron chi connectivity index (χ1n) is 46.8. The number of nitrogens with two attached hydrogens (primary N) is 3. The lowest BCUT2D eigenvalue weighted by Crippen LogP contribution is -2.62. The molecule has 2 fully saturated rings. The summed E-state index contributed by atoms with van der Waals surface area (Å²) in [6, 6.07) is -1.52. The largest absolute Gasteiger partial charge is 0.394 e. The van der Waals surface area contributed by atoms with Crippen LogP contribution in [0.25, 0.3) is 10.9 Å². The van der Waals surface area contributed by atoms with Crippen LogP contribution in [0.15, 0.2) is 73.3 Å². The number of aliphatic hydroxyl groups excluding tert-OH is 2. The number of benzene rings is 2. The van der Waals surface area contributed by atoms with Crippen LogP contribution in [0.3, 0.4) is 0 Å². The molecule has 12 atom stereocenters. The van der Waals surface area contributed by atoms with Gasteiger partial charge in [-0.1, -0.05) is 139 Å². The van der Waals surface area contributed by atoms with Crippen molar-refractivity contribution in [2.24, 2.45) is 17.2 Å². The molecule has 2 aliphatic heterocycles. The number of para-hydroxylation sites is 1. The van der Waals surface area contributed by atoms with E-state index in [2.05, 4.69) is 105 Å². The number of aromatic amines is 3. The number of primary amides is 1. The van der Waals surface area contributed by atoms with Gasteiger partial charge >= 0.3 is 0 Å². The molecule has 7 rings (SSSR count).